The molecule has 0 spiro atoms. The Morgan fingerprint density at radius 3 is 2.20 bits per heavy atom. The fourth-order valence-electron chi connectivity index (χ4n) is 2.73. The first-order valence-electron chi connectivity index (χ1n) is 7.96. The highest BCUT2D eigenvalue weighted by Crippen LogP contribution is 2.25. The molecule has 6 nitrogen and oxygen atoms in total. The highest BCUT2D eigenvalue weighted by molar-refractivity contribution is 5.88. The molecule has 8 heteroatoms. The Balaban J connectivity index is 2.13. The minimum atomic E-state index is -1.65. The summed E-state index contributed by atoms with van der Waals surface area (Å²) in [6.45, 7) is 8.19. The third-order valence-corrected chi connectivity index (χ3v) is 3.86. The average molecular weight is 356 g/mol. The number of aromatic carboxylic acids is 1. The predicted molar refractivity (Wildman–Crippen MR) is 87.9 cm³/mol. The summed E-state index contributed by atoms with van der Waals surface area (Å²) in [7, 11) is 0. The quantitative estimate of drug-likeness (QED) is 0.882. The van der Waals surface area contributed by atoms with E-state index >= 15 is 0 Å². The first kappa shape index (κ1) is 19.0. The van der Waals surface area contributed by atoms with Gasteiger partial charge < -0.3 is 19.6 Å². The molecule has 138 valence electrons. The summed E-state index contributed by atoms with van der Waals surface area (Å²) in [6, 6.07) is 1.78. The number of piperazine rings is 1. The van der Waals surface area contributed by atoms with Crippen molar-refractivity contribution in [2.24, 2.45) is 0 Å². The topological polar surface area (TPSA) is 70.1 Å². The summed E-state index contributed by atoms with van der Waals surface area (Å²) >= 11 is 0. The summed E-state index contributed by atoms with van der Waals surface area (Å²) in [5.41, 5.74) is -1.33. The Labute approximate surface area is 145 Å². The second-order valence-electron chi connectivity index (χ2n) is 7.06. The highest BCUT2D eigenvalue weighted by Gasteiger charge is 2.31. The number of hydrogen-bond acceptors (Lipinski definition) is 4. The molecule has 1 aromatic carbocycles. The highest BCUT2D eigenvalue weighted by atomic mass is 19.1. The Morgan fingerprint density at radius 2 is 1.76 bits per heavy atom. The lowest BCUT2D eigenvalue weighted by molar-refractivity contribution is 0.0158. The molecule has 0 bridgehead atoms. The molecule has 25 heavy (non-hydrogen) atoms. The Morgan fingerprint density at radius 1 is 1.20 bits per heavy atom. The lowest BCUT2D eigenvalue weighted by Gasteiger charge is -2.41. The van der Waals surface area contributed by atoms with Gasteiger partial charge >= 0.3 is 12.1 Å². The van der Waals surface area contributed by atoms with E-state index in [9.17, 15) is 18.4 Å². The molecule has 1 N–H and O–H groups in total. The zero-order valence-electron chi connectivity index (χ0n) is 14.7. The second kappa shape index (κ2) is 6.85. The van der Waals surface area contributed by atoms with Crippen molar-refractivity contribution in [2.45, 2.75) is 39.3 Å². The molecule has 1 fully saturated rings. The van der Waals surface area contributed by atoms with E-state index in [0.29, 0.717) is 19.6 Å². The van der Waals surface area contributed by atoms with E-state index < -0.39 is 34.9 Å². The number of carbonyl (C=O) groups excluding carboxylic acids is 1. The minimum absolute atomic E-state index is 0.228. The van der Waals surface area contributed by atoms with Crippen LogP contribution in [0.3, 0.4) is 0 Å². The van der Waals surface area contributed by atoms with E-state index in [1.807, 2.05) is 6.92 Å². The maximum absolute atomic E-state index is 13.9. The van der Waals surface area contributed by atoms with Gasteiger partial charge in [-0.05, 0) is 39.8 Å². The third kappa shape index (κ3) is 4.37. The van der Waals surface area contributed by atoms with E-state index in [0.717, 1.165) is 12.1 Å². The van der Waals surface area contributed by atoms with Crippen LogP contribution in [-0.4, -0.2) is 53.3 Å². The van der Waals surface area contributed by atoms with Gasteiger partial charge in [-0.2, -0.15) is 0 Å². The number of amides is 1. The average Bonchev–Trinajstić information content (AvgIpc) is 2.43. The number of halogens is 2. The molecule has 1 heterocycles. The largest absolute Gasteiger partial charge is 0.477 e. The molecule has 1 saturated heterocycles. The van der Waals surface area contributed by atoms with Gasteiger partial charge in [0.15, 0.2) is 0 Å². The number of nitrogens with zero attached hydrogens (tertiary/aromatic N) is 2. The van der Waals surface area contributed by atoms with Crippen molar-refractivity contribution in [1.29, 1.82) is 0 Å². The number of anilines is 1. The van der Waals surface area contributed by atoms with Gasteiger partial charge in [-0.15, -0.1) is 0 Å². The fourth-order valence-corrected chi connectivity index (χ4v) is 2.73. The first-order valence-corrected chi connectivity index (χ1v) is 7.96. The number of hydrogen-bond donors (Lipinski definition) is 1. The smallest absolute Gasteiger partial charge is 0.410 e. The molecule has 0 unspecified atom stereocenters. The zero-order valence-corrected chi connectivity index (χ0v) is 14.7. The second-order valence-corrected chi connectivity index (χ2v) is 7.06. The van der Waals surface area contributed by atoms with Gasteiger partial charge in [-0.25, -0.2) is 18.4 Å². The van der Waals surface area contributed by atoms with Gasteiger partial charge in [0.2, 0.25) is 0 Å². The van der Waals surface area contributed by atoms with Crippen LogP contribution < -0.4 is 4.90 Å². The van der Waals surface area contributed by atoms with Crippen molar-refractivity contribution in [3.05, 3.63) is 29.3 Å². The first-order chi connectivity index (χ1) is 11.5. The maximum atomic E-state index is 13.9. The number of ether oxygens (including phenoxy) is 1. The van der Waals surface area contributed by atoms with Crippen molar-refractivity contribution in [2.75, 3.05) is 24.5 Å². The molecule has 1 aromatic rings. The fraction of sp³-hybridized carbons (Fsp3) is 0.529. The summed E-state index contributed by atoms with van der Waals surface area (Å²) in [5.74, 6) is -3.89. The van der Waals surface area contributed by atoms with E-state index in [-0.39, 0.29) is 11.7 Å². The van der Waals surface area contributed by atoms with Crippen LogP contribution in [0.1, 0.15) is 38.1 Å². The molecule has 1 atom stereocenters. The monoisotopic (exact) mass is 356 g/mol. The Bertz CT molecular complexity index is 665. The van der Waals surface area contributed by atoms with Crippen molar-refractivity contribution in [3.8, 4) is 0 Å². The van der Waals surface area contributed by atoms with Gasteiger partial charge in [0.25, 0.3) is 0 Å². The third-order valence-electron chi connectivity index (χ3n) is 3.86. The summed E-state index contributed by atoms with van der Waals surface area (Å²) in [4.78, 5) is 26.3. The van der Waals surface area contributed by atoms with Crippen LogP contribution in [0.4, 0.5) is 19.3 Å². The standard InChI is InChI=1S/C17H22F2N2O4/c1-10-9-20(5-6-21(10)16(24)25-17(2,3)4)11-7-12(18)14(15(22)23)13(19)8-11/h7-8,10H,5-6,9H2,1-4H3,(H,22,23)/t10-/m0/s1. The summed E-state index contributed by atoms with van der Waals surface area (Å²) < 4.78 is 33.1. The Kier molecular flexibility index (Phi) is 5.20. The van der Waals surface area contributed by atoms with E-state index in [4.69, 9.17) is 9.84 Å². The van der Waals surface area contributed by atoms with Crippen LogP contribution in [0.25, 0.3) is 0 Å². The lowest BCUT2D eigenvalue weighted by atomic mass is 10.1. The molecular formula is C17H22F2N2O4. The van der Waals surface area contributed by atoms with Crippen molar-refractivity contribution < 1.29 is 28.2 Å². The Hall–Kier alpha value is -2.38. The van der Waals surface area contributed by atoms with Gasteiger partial charge in [0, 0.05) is 31.4 Å². The molecule has 0 aromatic heterocycles. The van der Waals surface area contributed by atoms with E-state index in [2.05, 4.69) is 0 Å². The number of carboxylic acids is 1. The van der Waals surface area contributed by atoms with Gasteiger partial charge in [0.05, 0.1) is 0 Å². The molecule has 1 aliphatic rings. The zero-order chi connectivity index (χ0) is 18.9. The van der Waals surface area contributed by atoms with Gasteiger partial charge in [-0.1, -0.05) is 0 Å². The van der Waals surface area contributed by atoms with Crippen LogP contribution in [0, 0.1) is 11.6 Å². The van der Waals surface area contributed by atoms with Crippen molar-refractivity contribution in [3.63, 3.8) is 0 Å². The van der Waals surface area contributed by atoms with E-state index in [1.54, 1.807) is 30.6 Å². The summed E-state index contributed by atoms with van der Waals surface area (Å²) in [6.07, 6.45) is -0.432. The molecule has 0 aliphatic carbocycles. The maximum Gasteiger partial charge on any atom is 0.410 e. The normalized spacial score (nSPS) is 18.2. The van der Waals surface area contributed by atoms with Crippen molar-refractivity contribution >= 4 is 17.7 Å². The molecule has 1 amide bonds. The van der Waals surface area contributed by atoms with Crippen LogP contribution in [0.2, 0.25) is 0 Å². The molecule has 2 rings (SSSR count). The van der Waals surface area contributed by atoms with Gasteiger partial charge in [0.1, 0.15) is 22.8 Å². The van der Waals surface area contributed by atoms with Crippen LogP contribution in [-0.2, 0) is 4.74 Å². The molecule has 0 radical (unpaired) electrons. The molecular weight excluding hydrogens is 334 g/mol. The SMILES string of the molecule is C[C@H]1CN(c2cc(F)c(C(=O)O)c(F)c2)CCN1C(=O)OC(C)(C)C. The van der Waals surface area contributed by atoms with Gasteiger partial charge in [-0.3, -0.25) is 0 Å². The van der Waals surface area contributed by atoms with E-state index in [1.165, 1.54) is 0 Å². The number of carbonyl (C=O) groups is 2. The molecule has 0 saturated carbocycles. The van der Waals surface area contributed by atoms with Crippen LogP contribution in [0.15, 0.2) is 12.1 Å². The number of benzene rings is 1. The molecule has 1 aliphatic heterocycles. The predicted octanol–water partition coefficient (Wildman–Crippen LogP) is 3.11. The summed E-state index contributed by atoms with van der Waals surface area (Å²) in [5, 5.41) is 8.83. The minimum Gasteiger partial charge on any atom is -0.477 e. The number of carboxylic acid groups (broad SMARTS) is 1. The lowest BCUT2D eigenvalue weighted by Crippen LogP contribution is -2.55. The van der Waals surface area contributed by atoms with Crippen LogP contribution >= 0.6 is 0 Å². The van der Waals surface area contributed by atoms with Crippen LogP contribution in [0.5, 0.6) is 0 Å². The van der Waals surface area contributed by atoms with Crippen molar-refractivity contribution in [1.82, 2.24) is 4.90 Å². The number of rotatable bonds is 2.